The molecule has 0 aromatic carbocycles. The highest BCUT2D eigenvalue weighted by atomic mass is 32.2. The molecule has 2 heterocycles. The van der Waals surface area contributed by atoms with Crippen molar-refractivity contribution < 1.29 is 0 Å². The van der Waals surface area contributed by atoms with Crippen molar-refractivity contribution in [3.05, 3.63) is 33.4 Å². The van der Waals surface area contributed by atoms with Gasteiger partial charge in [-0.15, -0.1) is 17.9 Å². The maximum absolute atomic E-state index is 12.5. The molecular formula is C14H16N2OS2. The van der Waals surface area contributed by atoms with Crippen LogP contribution in [0.5, 0.6) is 0 Å². The third-order valence-electron chi connectivity index (χ3n) is 3.41. The Balaban J connectivity index is 2.28. The van der Waals surface area contributed by atoms with Crippen molar-refractivity contribution in [1.82, 2.24) is 9.78 Å². The summed E-state index contributed by atoms with van der Waals surface area (Å²) >= 11 is 3.43. The molecule has 100 valence electrons. The molecule has 0 saturated heterocycles. The monoisotopic (exact) mass is 292 g/mol. The summed E-state index contributed by atoms with van der Waals surface area (Å²) in [7, 11) is 0. The van der Waals surface area contributed by atoms with E-state index in [-0.39, 0.29) is 5.56 Å². The molecule has 3 rings (SSSR count). The van der Waals surface area contributed by atoms with Crippen LogP contribution in [0.25, 0.3) is 10.1 Å². The van der Waals surface area contributed by atoms with Crippen LogP contribution in [-0.4, -0.2) is 15.5 Å². The number of nitrogens with zero attached hydrogens (tertiary/aromatic N) is 2. The van der Waals surface area contributed by atoms with E-state index in [0.29, 0.717) is 6.54 Å². The van der Waals surface area contributed by atoms with Gasteiger partial charge in [-0.2, -0.15) is 5.10 Å². The predicted octanol–water partition coefficient (Wildman–Crippen LogP) is 3.24. The van der Waals surface area contributed by atoms with Gasteiger partial charge in [0.2, 0.25) is 0 Å². The quantitative estimate of drug-likeness (QED) is 0.641. The molecule has 0 radical (unpaired) electrons. The fourth-order valence-corrected chi connectivity index (χ4v) is 4.79. The minimum atomic E-state index is 0.0832. The van der Waals surface area contributed by atoms with Crippen LogP contribution in [0.15, 0.2) is 22.5 Å². The third-order valence-corrected chi connectivity index (χ3v) is 5.80. The number of rotatable bonds is 4. The van der Waals surface area contributed by atoms with Crippen LogP contribution in [0.3, 0.4) is 0 Å². The molecule has 0 spiro atoms. The van der Waals surface area contributed by atoms with Gasteiger partial charge in [0.25, 0.3) is 5.56 Å². The van der Waals surface area contributed by atoms with E-state index in [2.05, 4.69) is 11.7 Å². The van der Waals surface area contributed by atoms with Gasteiger partial charge in [0.1, 0.15) is 5.03 Å². The van der Waals surface area contributed by atoms with Crippen LogP contribution < -0.4 is 5.56 Å². The highest BCUT2D eigenvalue weighted by Crippen LogP contribution is 2.39. The second-order valence-corrected chi connectivity index (χ2v) is 6.70. The fraction of sp³-hybridized carbons (Fsp3) is 0.429. The predicted molar refractivity (Wildman–Crippen MR) is 82.5 cm³/mol. The molecule has 1 aliphatic carbocycles. The molecule has 3 nitrogen and oxygen atoms in total. The van der Waals surface area contributed by atoms with Gasteiger partial charge in [-0.05, 0) is 31.7 Å². The molecule has 1 aliphatic rings. The van der Waals surface area contributed by atoms with E-state index in [1.807, 2.05) is 13.0 Å². The lowest BCUT2D eigenvalue weighted by Gasteiger charge is -2.06. The van der Waals surface area contributed by atoms with E-state index in [4.69, 9.17) is 0 Å². The van der Waals surface area contributed by atoms with Crippen LogP contribution in [0, 0.1) is 0 Å². The lowest BCUT2D eigenvalue weighted by molar-refractivity contribution is 0.599. The molecule has 2 aromatic rings. The van der Waals surface area contributed by atoms with Crippen molar-refractivity contribution in [2.45, 2.75) is 37.8 Å². The number of thioether (sulfide) groups is 1. The second kappa shape index (κ2) is 5.13. The summed E-state index contributed by atoms with van der Waals surface area (Å²) in [6.45, 7) is 6.35. The van der Waals surface area contributed by atoms with Crippen LogP contribution in [-0.2, 0) is 19.4 Å². The van der Waals surface area contributed by atoms with Gasteiger partial charge in [0.05, 0.1) is 10.1 Å². The highest BCUT2D eigenvalue weighted by Gasteiger charge is 2.23. The van der Waals surface area contributed by atoms with Gasteiger partial charge >= 0.3 is 0 Å². The number of fused-ring (bicyclic) bond motifs is 3. The summed E-state index contributed by atoms with van der Waals surface area (Å²) < 4.78 is 2.69. The van der Waals surface area contributed by atoms with E-state index in [1.165, 1.54) is 16.9 Å². The molecule has 0 fully saturated rings. The lowest BCUT2D eigenvalue weighted by atomic mass is 10.2. The lowest BCUT2D eigenvalue weighted by Crippen LogP contribution is -2.22. The van der Waals surface area contributed by atoms with Crippen LogP contribution in [0.2, 0.25) is 0 Å². The Kier molecular flexibility index (Phi) is 3.50. The van der Waals surface area contributed by atoms with Crippen LogP contribution >= 0.6 is 23.1 Å². The normalized spacial score (nSPS) is 13.9. The molecule has 5 heteroatoms. The number of aryl methyl sites for hydroxylation is 3. The van der Waals surface area contributed by atoms with Crippen molar-refractivity contribution in [1.29, 1.82) is 0 Å². The van der Waals surface area contributed by atoms with Gasteiger partial charge in [0.15, 0.2) is 0 Å². The zero-order chi connectivity index (χ0) is 13.4. The molecule has 0 unspecified atom stereocenters. The summed E-state index contributed by atoms with van der Waals surface area (Å²) in [5.41, 5.74) is 1.37. The Labute approximate surface area is 120 Å². The largest absolute Gasteiger partial charge is 0.275 e. The number of hydrogen-bond acceptors (Lipinski definition) is 4. The molecule has 0 bridgehead atoms. The van der Waals surface area contributed by atoms with Crippen molar-refractivity contribution in [2.24, 2.45) is 0 Å². The Morgan fingerprint density at radius 1 is 1.53 bits per heavy atom. The standard InChI is InChI=1S/C14H16N2OS2/c1-3-8-18-13-12-11(14(17)16(4-2)15-13)9-6-5-7-10(9)19-12/h3H,1,4-8H2,2H3. The Bertz CT molecular complexity index is 700. The fourth-order valence-electron chi connectivity index (χ4n) is 2.56. The Morgan fingerprint density at radius 2 is 2.37 bits per heavy atom. The van der Waals surface area contributed by atoms with E-state index in [9.17, 15) is 4.79 Å². The van der Waals surface area contributed by atoms with Gasteiger partial charge in [-0.1, -0.05) is 17.8 Å². The van der Waals surface area contributed by atoms with E-state index in [1.54, 1.807) is 27.8 Å². The molecule has 19 heavy (non-hydrogen) atoms. The zero-order valence-electron chi connectivity index (χ0n) is 10.9. The smallest absolute Gasteiger partial charge is 0.267 e. The van der Waals surface area contributed by atoms with Crippen molar-refractivity contribution >= 4 is 33.2 Å². The number of thiophene rings is 1. The molecule has 0 atom stereocenters. The van der Waals surface area contributed by atoms with Crippen molar-refractivity contribution in [2.75, 3.05) is 5.75 Å². The van der Waals surface area contributed by atoms with E-state index >= 15 is 0 Å². The number of hydrogen-bond donors (Lipinski definition) is 0. The van der Waals surface area contributed by atoms with E-state index in [0.717, 1.165) is 33.7 Å². The Morgan fingerprint density at radius 3 is 3.11 bits per heavy atom. The Hall–Kier alpha value is -1.07. The molecule has 0 aliphatic heterocycles. The van der Waals surface area contributed by atoms with Gasteiger partial charge in [0, 0.05) is 17.2 Å². The highest BCUT2D eigenvalue weighted by molar-refractivity contribution is 7.99. The van der Waals surface area contributed by atoms with E-state index < -0.39 is 0 Å². The average molecular weight is 292 g/mol. The molecule has 0 amide bonds. The summed E-state index contributed by atoms with van der Waals surface area (Å²) in [6.07, 6.45) is 5.22. The second-order valence-electron chi connectivity index (χ2n) is 4.59. The third kappa shape index (κ3) is 2.05. The van der Waals surface area contributed by atoms with Crippen LogP contribution in [0.4, 0.5) is 0 Å². The number of aromatic nitrogens is 2. The maximum Gasteiger partial charge on any atom is 0.275 e. The minimum Gasteiger partial charge on any atom is -0.267 e. The molecular weight excluding hydrogens is 276 g/mol. The molecule has 0 N–H and O–H groups in total. The summed E-state index contributed by atoms with van der Waals surface area (Å²) in [5.74, 6) is 0.826. The minimum absolute atomic E-state index is 0.0832. The first-order chi connectivity index (χ1) is 9.26. The topological polar surface area (TPSA) is 34.9 Å². The molecule has 0 saturated carbocycles. The maximum atomic E-state index is 12.5. The van der Waals surface area contributed by atoms with Crippen molar-refractivity contribution in [3.63, 3.8) is 0 Å². The average Bonchev–Trinajstić information content (AvgIpc) is 2.98. The first-order valence-electron chi connectivity index (χ1n) is 6.55. The SMILES string of the molecule is C=CCSc1nn(CC)c(=O)c2c3c(sc12)CCC3. The van der Waals surface area contributed by atoms with Crippen LogP contribution in [0.1, 0.15) is 23.8 Å². The summed E-state index contributed by atoms with van der Waals surface area (Å²) in [4.78, 5) is 13.9. The summed E-state index contributed by atoms with van der Waals surface area (Å²) in [5, 5.41) is 6.41. The first kappa shape index (κ1) is 12.9. The van der Waals surface area contributed by atoms with Crippen molar-refractivity contribution in [3.8, 4) is 0 Å². The van der Waals surface area contributed by atoms with Gasteiger partial charge in [-0.3, -0.25) is 4.79 Å². The summed E-state index contributed by atoms with van der Waals surface area (Å²) in [6, 6.07) is 0. The van der Waals surface area contributed by atoms with Gasteiger partial charge in [-0.25, -0.2) is 4.68 Å². The first-order valence-corrected chi connectivity index (χ1v) is 8.35. The van der Waals surface area contributed by atoms with Gasteiger partial charge < -0.3 is 0 Å². The molecule has 2 aromatic heterocycles. The zero-order valence-corrected chi connectivity index (χ0v) is 12.6.